The fraction of sp³-hybridized carbons (Fsp3) is 0.486. The van der Waals surface area contributed by atoms with Gasteiger partial charge in [0, 0.05) is 48.7 Å². The van der Waals surface area contributed by atoms with Crippen LogP contribution in [0.5, 0.6) is 11.8 Å². The lowest BCUT2D eigenvalue weighted by Crippen LogP contribution is -2.52. The third-order valence-electron chi connectivity index (χ3n) is 12.2. The zero-order chi connectivity index (χ0) is 32.5. The Bertz CT molecular complexity index is 2160. The maximum absolute atomic E-state index is 15.9. The number of piperidine rings is 1. The number of hydrogen-bond acceptors (Lipinski definition) is 8. The van der Waals surface area contributed by atoms with Gasteiger partial charge in [0.2, 0.25) is 0 Å². The minimum atomic E-state index is -0.874. The second kappa shape index (κ2) is 9.98. The summed E-state index contributed by atoms with van der Waals surface area (Å²) in [6.07, 6.45) is 6.53. The van der Waals surface area contributed by atoms with Crippen molar-refractivity contribution in [3.63, 3.8) is 0 Å². The van der Waals surface area contributed by atoms with E-state index in [0.717, 1.165) is 96.9 Å². The number of pyridine rings is 1. The molecular weight excluding hydrogens is 614 g/mol. The molecule has 48 heavy (non-hydrogen) atoms. The van der Waals surface area contributed by atoms with Crippen LogP contribution in [0.25, 0.3) is 38.4 Å². The van der Waals surface area contributed by atoms with E-state index in [2.05, 4.69) is 9.80 Å². The number of alkyl halides is 1. The molecule has 0 bridgehead atoms. The topological polar surface area (TPSA) is 99.2 Å². The number of aliphatic hydroxyl groups is 1. The molecule has 10 rings (SSSR count). The third-order valence-corrected chi connectivity index (χ3v) is 12.2. The standard InChI is InChI=1S/C37H38F2N6O3/c1-20-28-26(39)5-4-21-12-23(46)13-25(30(21)28)33-29(20)32-31(27-6-9-40-45(27)33)34(43-10-2-7-36(18-43)15-24(47)16-36)42-35(41-32)48-19-37-8-3-11-44(37)17-22(38)14-37/h4-6,9,12-13,20,22,24,46-47H,2-3,7-8,10-11,14-19H2,1H3/t20?,22-,24?,36?,37+/m1/s1. The lowest BCUT2D eigenvalue weighted by atomic mass is 9.62. The number of aliphatic hydroxyl groups excluding tert-OH is 1. The van der Waals surface area contributed by atoms with Gasteiger partial charge in [-0.1, -0.05) is 13.0 Å². The van der Waals surface area contributed by atoms with E-state index in [4.69, 9.17) is 19.8 Å². The van der Waals surface area contributed by atoms with E-state index in [1.165, 1.54) is 6.07 Å². The SMILES string of the molecule is CC1c2c(n3nccc3c3c(N4CCCC5(CC(O)C5)C4)nc(OC[C@@]45CCCN4C[C@H](F)C5)nc23)-c2cc(O)cc3ccc(F)c1c23. The Morgan fingerprint density at radius 2 is 1.88 bits per heavy atom. The number of hydrogen-bond donors (Lipinski definition) is 2. The molecular formula is C37H38F2N6O3. The molecule has 2 aliphatic carbocycles. The molecule has 2 aromatic carbocycles. The lowest BCUT2D eigenvalue weighted by Gasteiger charge is -2.51. The predicted octanol–water partition coefficient (Wildman–Crippen LogP) is 6.10. The van der Waals surface area contributed by atoms with Crippen LogP contribution in [0.2, 0.25) is 0 Å². The van der Waals surface area contributed by atoms with Crippen molar-refractivity contribution >= 4 is 33.0 Å². The first kappa shape index (κ1) is 28.9. The van der Waals surface area contributed by atoms with Gasteiger partial charge in [-0.15, -0.1) is 0 Å². The molecule has 5 aromatic rings. The Balaban J connectivity index is 1.22. The van der Waals surface area contributed by atoms with E-state index >= 15 is 4.39 Å². The molecule has 1 unspecified atom stereocenters. The molecule has 11 heteroatoms. The summed E-state index contributed by atoms with van der Waals surface area (Å²) in [5.74, 6) is 0.128. The summed E-state index contributed by atoms with van der Waals surface area (Å²) in [6, 6.07) is 8.74. The minimum Gasteiger partial charge on any atom is -0.508 e. The second-order valence-corrected chi connectivity index (χ2v) is 15.2. The van der Waals surface area contributed by atoms with Crippen LogP contribution >= 0.6 is 0 Å². The smallest absolute Gasteiger partial charge is 0.319 e. The van der Waals surface area contributed by atoms with Crippen molar-refractivity contribution in [1.29, 1.82) is 0 Å². The molecule has 3 saturated heterocycles. The highest BCUT2D eigenvalue weighted by Gasteiger charge is 2.50. The maximum atomic E-state index is 15.9. The van der Waals surface area contributed by atoms with Gasteiger partial charge in [0.15, 0.2) is 0 Å². The van der Waals surface area contributed by atoms with Crippen molar-refractivity contribution in [2.24, 2.45) is 5.41 Å². The fourth-order valence-corrected chi connectivity index (χ4v) is 10.2. The van der Waals surface area contributed by atoms with Crippen LogP contribution in [0.1, 0.15) is 68.9 Å². The quantitative estimate of drug-likeness (QED) is 0.240. The molecule has 2 N–H and O–H groups in total. The molecule has 0 amide bonds. The molecule has 0 radical (unpaired) electrons. The number of ether oxygens (including phenoxy) is 1. The van der Waals surface area contributed by atoms with Crippen molar-refractivity contribution in [2.75, 3.05) is 37.7 Å². The zero-order valence-electron chi connectivity index (χ0n) is 26.9. The van der Waals surface area contributed by atoms with Crippen molar-refractivity contribution in [1.82, 2.24) is 24.5 Å². The maximum Gasteiger partial charge on any atom is 0.319 e. The highest BCUT2D eigenvalue weighted by molar-refractivity contribution is 6.11. The van der Waals surface area contributed by atoms with Gasteiger partial charge in [-0.2, -0.15) is 15.1 Å². The highest BCUT2D eigenvalue weighted by Crippen LogP contribution is 2.53. The summed E-state index contributed by atoms with van der Waals surface area (Å²) >= 11 is 0. The third kappa shape index (κ3) is 3.97. The zero-order valence-corrected chi connectivity index (χ0v) is 26.9. The first-order chi connectivity index (χ1) is 23.2. The highest BCUT2D eigenvalue weighted by atomic mass is 19.1. The Kier molecular flexibility index (Phi) is 6.00. The van der Waals surface area contributed by atoms with E-state index in [-0.39, 0.29) is 34.6 Å². The van der Waals surface area contributed by atoms with Crippen molar-refractivity contribution in [2.45, 2.75) is 75.6 Å². The van der Waals surface area contributed by atoms with E-state index in [1.807, 2.05) is 17.5 Å². The van der Waals surface area contributed by atoms with E-state index in [9.17, 15) is 14.6 Å². The number of aromatic hydroxyl groups is 1. The molecule has 1 spiro atoms. The molecule has 1 saturated carbocycles. The van der Waals surface area contributed by atoms with Crippen molar-refractivity contribution < 1.29 is 23.7 Å². The predicted molar refractivity (Wildman–Crippen MR) is 178 cm³/mol. The summed E-state index contributed by atoms with van der Waals surface area (Å²) < 4.78 is 39.0. The number of aromatic nitrogens is 4. The van der Waals surface area contributed by atoms with Crippen molar-refractivity contribution in [3.8, 4) is 23.0 Å². The van der Waals surface area contributed by atoms with Gasteiger partial charge in [-0.05, 0) is 85.5 Å². The van der Waals surface area contributed by atoms with Crippen LogP contribution in [-0.2, 0) is 0 Å². The molecule has 5 aliphatic rings. The number of phenolic OH excluding ortho intramolecular Hbond substituents is 1. The Morgan fingerprint density at radius 1 is 1.02 bits per heavy atom. The Labute approximate surface area is 276 Å². The molecule has 3 aromatic heterocycles. The van der Waals surface area contributed by atoms with Gasteiger partial charge in [0.1, 0.15) is 30.2 Å². The van der Waals surface area contributed by atoms with Gasteiger partial charge in [-0.25, -0.2) is 13.3 Å². The average molecular weight is 653 g/mol. The van der Waals surface area contributed by atoms with Gasteiger partial charge in [-0.3, -0.25) is 4.90 Å². The van der Waals surface area contributed by atoms with Crippen LogP contribution in [0, 0.1) is 11.2 Å². The molecule has 6 heterocycles. The first-order valence-electron chi connectivity index (χ1n) is 17.3. The summed E-state index contributed by atoms with van der Waals surface area (Å²) in [5.41, 5.74) is 3.98. The normalized spacial score (nSPS) is 29.6. The molecule has 4 fully saturated rings. The minimum absolute atomic E-state index is 0.0343. The Hall–Kier alpha value is -4.09. The number of phenols is 1. The van der Waals surface area contributed by atoms with Crippen LogP contribution < -0.4 is 9.64 Å². The van der Waals surface area contributed by atoms with Gasteiger partial charge in [0.25, 0.3) is 0 Å². The lowest BCUT2D eigenvalue weighted by molar-refractivity contribution is -0.0396. The number of rotatable bonds is 4. The summed E-state index contributed by atoms with van der Waals surface area (Å²) in [6.45, 7) is 5.15. The number of fused-ring (bicyclic) bond motifs is 8. The molecule has 3 aliphatic heterocycles. The summed E-state index contributed by atoms with van der Waals surface area (Å²) in [7, 11) is 0. The molecule has 9 nitrogen and oxygen atoms in total. The second-order valence-electron chi connectivity index (χ2n) is 15.2. The summed E-state index contributed by atoms with van der Waals surface area (Å²) in [4.78, 5) is 14.8. The van der Waals surface area contributed by atoms with Crippen LogP contribution in [-0.4, -0.2) is 85.3 Å². The van der Waals surface area contributed by atoms with Crippen LogP contribution in [0.15, 0.2) is 36.5 Å². The molecule has 248 valence electrons. The number of anilines is 1. The number of nitrogens with zero attached hydrogens (tertiary/aromatic N) is 6. The summed E-state index contributed by atoms with van der Waals surface area (Å²) in [5, 5.41) is 28.3. The monoisotopic (exact) mass is 652 g/mol. The number of halogens is 2. The van der Waals surface area contributed by atoms with Crippen molar-refractivity contribution in [3.05, 3.63) is 53.5 Å². The Morgan fingerprint density at radius 3 is 2.73 bits per heavy atom. The van der Waals surface area contributed by atoms with E-state index < -0.39 is 12.1 Å². The van der Waals surface area contributed by atoms with E-state index in [0.29, 0.717) is 36.2 Å². The van der Waals surface area contributed by atoms with Gasteiger partial charge in [0.05, 0.1) is 40.0 Å². The van der Waals surface area contributed by atoms with Gasteiger partial charge < -0.3 is 19.8 Å². The fourth-order valence-electron chi connectivity index (χ4n) is 10.2. The first-order valence-corrected chi connectivity index (χ1v) is 17.3. The van der Waals surface area contributed by atoms with Gasteiger partial charge >= 0.3 is 6.01 Å². The van der Waals surface area contributed by atoms with E-state index in [1.54, 1.807) is 24.4 Å². The van der Waals surface area contributed by atoms with Crippen LogP contribution in [0.4, 0.5) is 14.6 Å². The molecule has 3 atom stereocenters. The van der Waals surface area contributed by atoms with Crippen LogP contribution in [0.3, 0.4) is 0 Å². The number of benzene rings is 2. The average Bonchev–Trinajstić information content (AvgIpc) is 3.76. The largest absolute Gasteiger partial charge is 0.508 e.